The normalized spacial score (nSPS) is 10.9. The Labute approximate surface area is 219 Å². The van der Waals surface area contributed by atoms with Crippen molar-refractivity contribution < 1.29 is 18.6 Å². The third-order valence-corrected chi connectivity index (χ3v) is 6.15. The van der Waals surface area contributed by atoms with Gasteiger partial charge in [0, 0.05) is 12.1 Å². The van der Waals surface area contributed by atoms with Gasteiger partial charge in [0.05, 0.1) is 38.1 Å². The van der Waals surface area contributed by atoms with Crippen LogP contribution in [-0.2, 0) is 6.42 Å². The van der Waals surface area contributed by atoms with Crippen LogP contribution in [0.5, 0.6) is 17.2 Å². The lowest BCUT2D eigenvalue weighted by molar-refractivity contribution is 0.355. The molecule has 0 aliphatic carbocycles. The van der Waals surface area contributed by atoms with E-state index < -0.39 is 0 Å². The largest absolute Gasteiger partial charge is 0.497 e. The maximum atomic E-state index is 13.5. The lowest BCUT2D eigenvalue weighted by atomic mass is 10.1. The molecule has 9 nitrogen and oxygen atoms in total. The van der Waals surface area contributed by atoms with Crippen LogP contribution in [0.3, 0.4) is 0 Å². The van der Waals surface area contributed by atoms with Crippen LogP contribution in [0, 0.1) is 5.82 Å². The van der Waals surface area contributed by atoms with Crippen LogP contribution in [0.1, 0.15) is 5.56 Å². The van der Waals surface area contributed by atoms with E-state index in [0.717, 1.165) is 23.3 Å². The van der Waals surface area contributed by atoms with Crippen molar-refractivity contribution in [2.45, 2.75) is 6.42 Å². The number of ether oxygens (including phenoxy) is 3. The van der Waals surface area contributed by atoms with E-state index in [2.05, 4.69) is 15.4 Å². The molecular formula is C28H27FN6O3. The number of methoxy groups -OCH3 is 3. The molecule has 2 heterocycles. The van der Waals surface area contributed by atoms with Gasteiger partial charge in [0.25, 0.3) is 0 Å². The van der Waals surface area contributed by atoms with Gasteiger partial charge in [0.1, 0.15) is 17.4 Å². The Hall–Kier alpha value is -4.86. The highest BCUT2D eigenvalue weighted by Gasteiger charge is 2.20. The first-order valence-electron chi connectivity index (χ1n) is 11.9. The minimum absolute atomic E-state index is 0.334. The summed E-state index contributed by atoms with van der Waals surface area (Å²) in [4.78, 5) is 9.45. The average molecular weight is 515 g/mol. The molecule has 194 valence electrons. The number of hydrogen-bond acceptors (Lipinski definition) is 8. The minimum atomic E-state index is -0.349. The molecule has 0 amide bonds. The van der Waals surface area contributed by atoms with Crippen molar-refractivity contribution in [2.75, 3.05) is 38.9 Å². The third-order valence-electron chi connectivity index (χ3n) is 6.15. The van der Waals surface area contributed by atoms with Crippen LogP contribution in [0.4, 0.5) is 16.2 Å². The number of rotatable bonds is 9. The Bertz CT molecular complexity index is 1570. The van der Waals surface area contributed by atoms with Gasteiger partial charge in [-0.3, -0.25) is 0 Å². The number of fused-ring (bicyclic) bond motifs is 1. The summed E-state index contributed by atoms with van der Waals surface area (Å²) >= 11 is 0. The molecule has 0 radical (unpaired) electrons. The Morgan fingerprint density at radius 1 is 0.868 bits per heavy atom. The number of nitrogen functional groups attached to an aromatic ring is 1. The molecule has 5 rings (SSSR count). The molecule has 0 saturated heterocycles. The Balaban J connectivity index is 1.55. The first-order chi connectivity index (χ1) is 18.5. The molecule has 0 atom stereocenters. The van der Waals surface area contributed by atoms with Crippen LogP contribution in [0.25, 0.3) is 28.0 Å². The molecular weight excluding hydrogens is 487 g/mol. The quantitative estimate of drug-likeness (QED) is 0.286. The lowest BCUT2D eigenvalue weighted by Crippen LogP contribution is -2.09. The van der Waals surface area contributed by atoms with E-state index in [0.29, 0.717) is 52.2 Å². The first kappa shape index (κ1) is 24.8. The van der Waals surface area contributed by atoms with Gasteiger partial charge in [-0.15, -0.1) is 5.10 Å². The smallest absolute Gasteiger partial charge is 0.225 e. The van der Waals surface area contributed by atoms with Gasteiger partial charge >= 0.3 is 0 Å². The molecule has 5 aromatic rings. The maximum Gasteiger partial charge on any atom is 0.225 e. The van der Waals surface area contributed by atoms with Crippen molar-refractivity contribution in [3.8, 4) is 34.2 Å². The molecule has 10 heteroatoms. The van der Waals surface area contributed by atoms with Crippen molar-refractivity contribution in [2.24, 2.45) is 0 Å². The highest BCUT2D eigenvalue weighted by Crippen LogP contribution is 2.37. The van der Waals surface area contributed by atoms with Gasteiger partial charge in [-0.25, -0.2) is 14.1 Å². The molecule has 0 spiro atoms. The van der Waals surface area contributed by atoms with E-state index in [4.69, 9.17) is 24.9 Å². The second kappa shape index (κ2) is 10.6. The standard InChI is InChI=1S/C28H27FN6O3/c1-36-21-11-4-17(5-12-21)14-15-31-28-32-25(18-6-13-22(37-2)23(16-18)38-3)24-26(30)35(34-27(24)33-28)20-9-7-19(29)8-10-20/h4-13,16H,14-15,30H2,1-3H3,(H,31,33,34). The van der Waals surface area contributed by atoms with E-state index in [9.17, 15) is 4.39 Å². The number of benzene rings is 3. The Morgan fingerprint density at radius 3 is 2.29 bits per heavy atom. The van der Waals surface area contributed by atoms with E-state index in [-0.39, 0.29) is 5.82 Å². The molecule has 2 aromatic heterocycles. The summed E-state index contributed by atoms with van der Waals surface area (Å²) in [6, 6.07) is 19.3. The van der Waals surface area contributed by atoms with Gasteiger partial charge in [0.15, 0.2) is 17.1 Å². The van der Waals surface area contributed by atoms with Crippen LogP contribution in [-0.4, -0.2) is 47.6 Å². The number of nitrogens with two attached hydrogens (primary N) is 1. The number of anilines is 2. The molecule has 38 heavy (non-hydrogen) atoms. The van der Waals surface area contributed by atoms with Crippen molar-refractivity contribution >= 4 is 22.8 Å². The average Bonchev–Trinajstić information content (AvgIpc) is 3.29. The Morgan fingerprint density at radius 2 is 1.61 bits per heavy atom. The van der Waals surface area contributed by atoms with Crippen molar-refractivity contribution in [3.63, 3.8) is 0 Å². The van der Waals surface area contributed by atoms with Gasteiger partial charge < -0.3 is 25.3 Å². The molecule has 0 bridgehead atoms. The number of aromatic nitrogens is 4. The van der Waals surface area contributed by atoms with E-state index in [1.54, 1.807) is 39.5 Å². The van der Waals surface area contributed by atoms with Gasteiger partial charge in [0.2, 0.25) is 5.95 Å². The molecule has 0 aliphatic heterocycles. The van der Waals surface area contributed by atoms with E-state index in [1.165, 1.54) is 16.8 Å². The molecule has 0 fully saturated rings. The minimum Gasteiger partial charge on any atom is -0.497 e. The zero-order chi connectivity index (χ0) is 26.6. The summed E-state index contributed by atoms with van der Waals surface area (Å²) in [5.41, 5.74) is 10.0. The molecule has 0 saturated carbocycles. The summed E-state index contributed by atoms with van der Waals surface area (Å²) in [5.74, 6) is 2.34. The molecule has 3 N–H and O–H groups in total. The van der Waals surface area contributed by atoms with Crippen molar-refractivity contribution in [3.05, 3.63) is 78.1 Å². The summed E-state index contributed by atoms with van der Waals surface area (Å²) in [5, 5.41) is 8.50. The summed E-state index contributed by atoms with van der Waals surface area (Å²) in [7, 11) is 4.80. The monoisotopic (exact) mass is 514 g/mol. The van der Waals surface area contributed by atoms with Gasteiger partial charge in [-0.1, -0.05) is 12.1 Å². The van der Waals surface area contributed by atoms with Gasteiger partial charge in [-0.05, 0) is 66.6 Å². The van der Waals surface area contributed by atoms with Crippen LogP contribution in [0.2, 0.25) is 0 Å². The summed E-state index contributed by atoms with van der Waals surface area (Å²) < 4.78 is 31.2. The lowest BCUT2D eigenvalue weighted by Gasteiger charge is -2.12. The highest BCUT2D eigenvalue weighted by atomic mass is 19.1. The number of hydrogen-bond donors (Lipinski definition) is 2. The fourth-order valence-corrected chi connectivity index (χ4v) is 4.17. The maximum absolute atomic E-state index is 13.5. The fourth-order valence-electron chi connectivity index (χ4n) is 4.17. The predicted molar refractivity (Wildman–Crippen MR) is 145 cm³/mol. The van der Waals surface area contributed by atoms with Crippen LogP contribution in [0.15, 0.2) is 66.7 Å². The number of halogens is 1. The predicted octanol–water partition coefficient (Wildman–Crippen LogP) is 4.88. The third kappa shape index (κ3) is 4.88. The zero-order valence-corrected chi connectivity index (χ0v) is 21.2. The van der Waals surface area contributed by atoms with Crippen LogP contribution >= 0.6 is 0 Å². The molecule has 0 aliphatic rings. The SMILES string of the molecule is COc1ccc(CCNc2nc(-c3ccc(OC)c(OC)c3)c3c(N)n(-c4ccc(F)cc4)nc3n2)cc1. The number of nitrogens with one attached hydrogen (secondary N) is 1. The van der Waals surface area contributed by atoms with E-state index >= 15 is 0 Å². The summed E-state index contributed by atoms with van der Waals surface area (Å²) in [6.07, 6.45) is 0.753. The molecule has 3 aromatic carbocycles. The Kier molecular flexibility index (Phi) is 6.94. The molecule has 0 unspecified atom stereocenters. The van der Waals surface area contributed by atoms with Crippen molar-refractivity contribution in [1.29, 1.82) is 0 Å². The van der Waals surface area contributed by atoms with Crippen molar-refractivity contribution in [1.82, 2.24) is 19.7 Å². The second-order valence-electron chi connectivity index (χ2n) is 8.46. The fraction of sp³-hybridized carbons (Fsp3) is 0.179. The van der Waals surface area contributed by atoms with E-state index in [1.807, 2.05) is 36.4 Å². The number of nitrogens with zero attached hydrogens (tertiary/aromatic N) is 4. The first-order valence-corrected chi connectivity index (χ1v) is 11.9. The zero-order valence-electron chi connectivity index (χ0n) is 21.2. The second-order valence-corrected chi connectivity index (χ2v) is 8.46. The van der Waals surface area contributed by atoms with Crippen LogP contribution < -0.4 is 25.3 Å². The summed E-state index contributed by atoms with van der Waals surface area (Å²) in [6.45, 7) is 0.595. The van der Waals surface area contributed by atoms with Gasteiger partial charge in [-0.2, -0.15) is 4.98 Å². The topological polar surface area (TPSA) is 109 Å². The highest BCUT2D eigenvalue weighted by molar-refractivity contribution is 5.99.